The molecule has 5 aromatic rings. The number of benzene rings is 2. The van der Waals surface area contributed by atoms with Gasteiger partial charge in [0.05, 0.1) is 31.6 Å². The molecule has 0 radical (unpaired) electrons. The number of nitriles is 1. The van der Waals surface area contributed by atoms with E-state index in [1.54, 1.807) is 17.0 Å². The molecule has 1 aliphatic carbocycles. The molecule has 3 fully saturated rings. The van der Waals surface area contributed by atoms with Crippen molar-refractivity contribution in [1.82, 2.24) is 29.4 Å². The second-order valence-corrected chi connectivity index (χ2v) is 15.7. The lowest BCUT2D eigenvalue weighted by Crippen LogP contribution is -2.57. The number of aliphatic hydroxyl groups excluding tert-OH is 1. The number of nitrogens with zero attached hydrogens (tertiary/aromatic N) is 9. The largest absolute Gasteiger partial charge is 0.389 e. The Morgan fingerprint density at radius 1 is 1.08 bits per heavy atom. The lowest BCUT2D eigenvalue weighted by atomic mass is 10.1. The van der Waals surface area contributed by atoms with Crippen LogP contribution in [0.3, 0.4) is 0 Å². The first kappa shape index (κ1) is 34.6. The summed E-state index contributed by atoms with van der Waals surface area (Å²) in [4.78, 5) is 32.4. The number of aromatic nitrogens is 4. The molecule has 1 atom stereocenters. The Labute approximate surface area is 309 Å². The van der Waals surface area contributed by atoms with Crippen LogP contribution in [0.4, 0.5) is 20.5 Å². The molecule has 15 heteroatoms. The fourth-order valence-corrected chi connectivity index (χ4v) is 8.68. The van der Waals surface area contributed by atoms with Gasteiger partial charge >= 0.3 is 0 Å². The maximum atomic E-state index is 13.7. The minimum atomic E-state index is -0.404. The molecule has 0 unspecified atom stereocenters. The van der Waals surface area contributed by atoms with E-state index in [2.05, 4.69) is 15.9 Å². The fraction of sp³-hybridized carbons (Fsp3) is 0.432. The zero-order valence-electron chi connectivity index (χ0n) is 28.9. The third kappa shape index (κ3) is 7.39. The number of aliphatic hydroxyl groups is 1. The van der Waals surface area contributed by atoms with Gasteiger partial charge in [0.25, 0.3) is 0 Å². The summed E-state index contributed by atoms with van der Waals surface area (Å²) in [6.45, 7) is 4.70. The second-order valence-electron chi connectivity index (χ2n) is 13.8. The van der Waals surface area contributed by atoms with Crippen LogP contribution < -0.4 is 9.80 Å². The van der Waals surface area contributed by atoms with Crippen LogP contribution in [-0.2, 0) is 22.6 Å². The lowest BCUT2D eigenvalue weighted by Gasteiger charge is -2.38. The number of hydrogen-bond donors (Lipinski definition) is 1. The standard InChI is InChI=1S/C37H40FN9O3S2/c1-43(35-41-33(31(17-39)51-35)26-9-11-27(38)12-10-26)34-30(14-16-50-23-25-5-3-2-4-6-25)40-36-47(34)42-37(52-36)44-15-13-28(19-44)45(18-24-7-8-24)22-32(49)46-20-29(48)21-46/h2-6,9-12,24,28-29,48H,7-8,13-16,18-23H2,1H3/t28-/m1/s1. The van der Waals surface area contributed by atoms with Gasteiger partial charge in [-0.15, -0.1) is 5.10 Å². The third-order valence-corrected chi connectivity index (χ3v) is 12.0. The highest BCUT2D eigenvalue weighted by Crippen LogP contribution is 2.39. The van der Waals surface area contributed by atoms with Crippen LogP contribution >= 0.6 is 22.7 Å². The number of likely N-dealkylation sites (tertiary alicyclic amines) is 1. The number of imidazole rings is 1. The van der Waals surface area contributed by atoms with Gasteiger partial charge in [0.1, 0.15) is 22.5 Å². The third-order valence-electron chi connectivity index (χ3n) is 9.97. The molecule has 5 heterocycles. The minimum absolute atomic E-state index is 0.0920. The number of carbonyl (C=O) groups is 1. The van der Waals surface area contributed by atoms with Crippen LogP contribution in [0.2, 0.25) is 0 Å². The van der Waals surface area contributed by atoms with Gasteiger partial charge in [-0.25, -0.2) is 14.4 Å². The number of carbonyl (C=O) groups excluding carboxylic acids is 1. The lowest BCUT2D eigenvalue weighted by molar-refractivity contribution is -0.143. The molecule has 0 spiro atoms. The van der Waals surface area contributed by atoms with E-state index >= 15 is 0 Å². The van der Waals surface area contributed by atoms with E-state index < -0.39 is 6.10 Å². The van der Waals surface area contributed by atoms with Gasteiger partial charge in [0.2, 0.25) is 16.0 Å². The van der Waals surface area contributed by atoms with Crippen LogP contribution in [0.25, 0.3) is 16.2 Å². The topological polar surface area (TPSA) is 126 Å². The first-order valence-electron chi connectivity index (χ1n) is 17.7. The van der Waals surface area contributed by atoms with E-state index in [9.17, 15) is 19.6 Å². The number of hydrogen-bond acceptors (Lipinski definition) is 12. The average Bonchev–Trinajstić information content (AvgIpc) is 3.48. The molecule has 2 aliphatic heterocycles. The summed E-state index contributed by atoms with van der Waals surface area (Å²) in [5.74, 6) is 1.14. The molecule has 2 aromatic carbocycles. The van der Waals surface area contributed by atoms with Crippen molar-refractivity contribution >= 4 is 49.6 Å². The number of anilines is 3. The van der Waals surface area contributed by atoms with Gasteiger partial charge in [-0.3, -0.25) is 9.69 Å². The number of rotatable bonds is 14. The zero-order chi connectivity index (χ0) is 35.8. The van der Waals surface area contributed by atoms with Crippen molar-refractivity contribution in [3.8, 4) is 17.3 Å². The van der Waals surface area contributed by atoms with E-state index in [1.165, 1.54) is 47.6 Å². The first-order chi connectivity index (χ1) is 25.3. The summed E-state index contributed by atoms with van der Waals surface area (Å²) < 4.78 is 21.6. The summed E-state index contributed by atoms with van der Waals surface area (Å²) >= 11 is 2.80. The normalized spacial score (nSPS) is 17.6. The summed E-state index contributed by atoms with van der Waals surface area (Å²) in [6, 6.07) is 18.6. The predicted molar refractivity (Wildman–Crippen MR) is 198 cm³/mol. The molecule has 1 saturated carbocycles. The molecule has 3 aliphatic rings. The summed E-state index contributed by atoms with van der Waals surface area (Å²) in [5, 5.41) is 26.3. The highest BCUT2D eigenvalue weighted by atomic mass is 32.1. The Bertz CT molecular complexity index is 2070. The van der Waals surface area contributed by atoms with Gasteiger partial charge in [-0.05, 0) is 55.0 Å². The van der Waals surface area contributed by atoms with Gasteiger partial charge in [-0.2, -0.15) is 9.78 Å². The van der Waals surface area contributed by atoms with Crippen molar-refractivity contribution in [3.63, 3.8) is 0 Å². The number of fused-ring (bicyclic) bond motifs is 1. The quantitative estimate of drug-likeness (QED) is 0.156. The molecule has 1 amide bonds. The van der Waals surface area contributed by atoms with Gasteiger partial charge in [0, 0.05) is 57.8 Å². The number of halogens is 1. The molecule has 1 N–H and O–H groups in total. The molecule has 8 rings (SSSR count). The molecule has 3 aromatic heterocycles. The molecule has 12 nitrogen and oxygen atoms in total. The molecule has 0 bridgehead atoms. The van der Waals surface area contributed by atoms with Crippen LogP contribution in [0.15, 0.2) is 54.6 Å². The van der Waals surface area contributed by atoms with Crippen molar-refractivity contribution in [1.29, 1.82) is 5.26 Å². The highest BCUT2D eigenvalue weighted by molar-refractivity contribution is 7.20. The van der Waals surface area contributed by atoms with Crippen molar-refractivity contribution in [3.05, 3.63) is 76.5 Å². The number of amides is 1. The maximum absolute atomic E-state index is 13.7. The van der Waals surface area contributed by atoms with E-state index in [0.717, 1.165) is 53.2 Å². The first-order valence-corrected chi connectivity index (χ1v) is 19.3. The van der Waals surface area contributed by atoms with E-state index in [4.69, 9.17) is 19.8 Å². The Hall–Kier alpha value is -4.46. The highest BCUT2D eigenvalue weighted by Gasteiger charge is 2.37. The Balaban J connectivity index is 1.04. The molecular formula is C37H40FN9O3S2. The summed E-state index contributed by atoms with van der Waals surface area (Å²) in [7, 11) is 1.90. The molecular weight excluding hydrogens is 702 g/mol. The molecule has 2 saturated heterocycles. The minimum Gasteiger partial charge on any atom is -0.389 e. The zero-order valence-corrected chi connectivity index (χ0v) is 30.5. The predicted octanol–water partition coefficient (Wildman–Crippen LogP) is 4.95. The van der Waals surface area contributed by atoms with Crippen LogP contribution in [0.1, 0.15) is 35.4 Å². The monoisotopic (exact) mass is 741 g/mol. The van der Waals surface area contributed by atoms with Gasteiger partial charge < -0.3 is 24.5 Å². The Morgan fingerprint density at radius 2 is 1.87 bits per heavy atom. The Kier molecular flexibility index (Phi) is 9.91. The van der Waals surface area contributed by atoms with Gasteiger partial charge in [-0.1, -0.05) is 53.0 Å². The van der Waals surface area contributed by atoms with Crippen molar-refractivity contribution in [2.45, 2.75) is 44.4 Å². The van der Waals surface area contributed by atoms with Crippen LogP contribution in [0, 0.1) is 23.1 Å². The molecule has 270 valence electrons. The number of ether oxygens (including phenoxy) is 1. The van der Waals surface area contributed by atoms with Crippen LogP contribution in [0.5, 0.6) is 0 Å². The van der Waals surface area contributed by atoms with Crippen molar-refractivity contribution in [2.75, 3.05) is 62.7 Å². The van der Waals surface area contributed by atoms with E-state index in [1.807, 2.05) is 46.8 Å². The van der Waals surface area contributed by atoms with E-state index in [0.29, 0.717) is 66.5 Å². The molecule has 52 heavy (non-hydrogen) atoms. The maximum Gasteiger partial charge on any atom is 0.236 e. The van der Waals surface area contributed by atoms with Crippen LogP contribution in [-0.4, -0.2) is 105 Å². The smallest absolute Gasteiger partial charge is 0.236 e. The van der Waals surface area contributed by atoms with E-state index in [-0.39, 0.29) is 17.8 Å². The Morgan fingerprint density at radius 3 is 2.60 bits per heavy atom. The number of β-amino-alcohol motifs (C(OH)–C–C–N with tert-alkyl or cyclic N) is 1. The fourth-order valence-electron chi connectivity index (χ4n) is 6.88. The summed E-state index contributed by atoms with van der Waals surface area (Å²) in [5.41, 5.74) is 3.08. The van der Waals surface area contributed by atoms with Crippen molar-refractivity contribution in [2.24, 2.45) is 5.92 Å². The number of thiazole rings is 1. The second kappa shape index (κ2) is 14.9. The SMILES string of the molecule is CN(c1nc(-c2ccc(F)cc2)c(C#N)s1)c1c(CCOCc2ccccc2)nc2sc(N3CC[C@@H](N(CC(=O)N4CC(O)C4)CC4CC4)C3)nn12. The van der Waals surface area contributed by atoms with Crippen molar-refractivity contribution < 1.29 is 19.0 Å². The summed E-state index contributed by atoms with van der Waals surface area (Å²) in [6.07, 6.45) is 3.50. The average molecular weight is 742 g/mol. The van der Waals surface area contributed by atoms with Gasteiger partial charge in [0.15, 0.2) is 10.9 Å².